The van der Waals surface area contributed by atoms with E-state index < -0.39 is 0 Å². The number of rotatable bonds is 4. The second-order valence-corrected chi connectivity index (χ2v) is 6.06. The Labute approximate surface area is 119 Å². The van der Waals surface area contributed by atoms with Crippen LogP contribution < -0.4 is 5.32 Å². The lowest BCUT2D eigenvalue weighted by molar-refractivity contribution is -0.126. The maximum atomic E-state index is 12.0. The van der Waals surface area contributed by atoms with Gasteiger partial charge >= 0.3 is 0 Å². The van der Waals surface area contributed by atoms with Crippen molar-refractivity contribution >= 4 is 5.91 Å². The van der Waals surface area contributed by atoms with E-state index in [0.717, 1.165) is 57.0 Å². The number of nitrogens with zero attached hydrogens (tertiary/aromatic N) is 4. The maximum absolute atomic E-state index is 12.0. The van der Waals surface area contributed by atoms with E-state index in [2.05, 4.69) is 20.4 Å². The van der Waals surface area contributed by atoms with E-state index in [1.54, 1.807) is 0 Å². The van der Waals surface area contributed by atoms with Gasteiger partial charge in [-0.1, -0.05) is 0 Å². The summed E-state index contributed by atoms with van der Waals surface area (Å²) in [6.07, 6.45) is 4.23. The number of hydrogen-bond donors (Lipinski definition) is 1. The zero-order valence-electron chi connectivity index (χ0n) is 12.3. The number of aromatic nitrogens is 3. The summed E-state index contributed by atoms with van der Waals surface area (Å²) in [5, 5.41) is 11.4. The van der Waals surface area contributed by atoms with Gasteiger partial charge in [0.1, 0.15) is 11.6 Å². The summed E-state index contributed by atoms with van der Waals surface area (Å²) < 4.78 is 2.03. The monoisotopic (exact) mass is 277 g/mol. The molecule has 0 radical (unpaired) electrons. The van der Waals surface area contributed by atoms with Crippen LogP contribution in [0.15, 0.2) is 0 Å². The SMILES string of the molecule is Cc1nnc(CN2CCC(C(=O)NC3CC3)CC2)n1C. The Hall–Kier alpha value is -1.43. The van der Waals surface area contributed by atoms with Crippen molar-refractivity contribution < 1.29 is 4.79 Å². The molecular formula is C14H23N5O. The Kier molecular flexibility index (Phi) is 3.74. The zero-order valence-corrected chi connectivity index (χ0v) is 12.3. The molecule has 1 aliphatic carbocycles. The summed E-state index contributed by atoms with van der Waals surface area (Å²) in [6.45, 7) is 4.72. The quantitative estimate of drug-likeness (QED) is 0.876. The Balaban J connectivity index is 1.48. The largest absolute Gasteiger partial charge is 0.353 e. The summed E-state index contributed by atoms with van der Waals surface area (Å²) in [5.74, 6) is 2.41. The smallest absolute Gasteiger partial charge is 0.223 e. The second-order valence-electron chi connectivity index (χ2n) is 6.06. The fraction of sp³-hybridized carbons (Fsp3) is 0.786. The van der Waals surface area contributed by atoms with Crippen LogP contribution in [-0.4, -0.2) is 44.7 Å². The van der Waals surface area contributed by atoms with Gasteiger partial charge in [0, 0.05) is 19.0 Å². The minimum absolute atomic E-state index is 0.202. The molecule has 1 N–H and O–H groups in total. The highest BCUT2D eigenvalue weighted by molar-refractivity contribution is 5.79. The molecule has 0 bridgehead atoms. The lowest BCUT2D eigenvalue weighted by atomic mass is 9.96. The average molecular weight is 277 g/mol. The Morgan fingerprint density at radius 1 is 1.25 bits per heavy atom. The molecule has 0 atom stereocenters. The van der Waals surface area contributed by atoms with Crippen LogP contribution in [0, 0.1) is 12.8 Å². The van der Waals surface area contributed by atoms with Gasteiger partial charge in [0.15, 0.2) is 0 Å². The molecule has 6 nitrogen and oxygen atoms in total. The topological polar surface area (TPSA) is 63.1 Å². The van der Waals surface area contributed by atoms with Gasteiger partial charge in [-0.3, -0.25) is 9.69 Å². The number of nitrogens with one attached hydrogen (secondary N) is 1. The van der Waals surface area contributed by atoms with Gasteiger partial charge in [-0.15, -0.1) is 10.2 Å². The highest BCUT2D eigenvalue weighted by Crippen LogP contribution is 2.23. The van der Waals surface area contributed by atoms with E-state index in [1.165, 1.54) is 0 Å². The lowest BCUT2D eigenvalue weighted by Crippen LogP contribution is -2.41. The van der Waals surface area contributed by atoms with Crippen molar-refractivity contribution in [3.05, 3.63) is 11.6 Å². The van der Waals surface area contributed by atoms with Crippen LogP contribution in [0.3, 0.4) is 0 Å². The van der Waals surface area contributed by atoms with Crippen molar-refractivity contribution in [1.82, 2.24) is 25.0 Å². The zero-order chi connectivity index (χ0) is 14.1. The van der Waals surface area contributed by atoms with Crippen molar-refractivity contribution in [2.24, 2.45) is 13.0 Å². The molecule has 0 aromatic carbocycles. The Morgan fingerprint density at radius 2 is 1.95 bits per heavy atom. The summed E-state index contributed by atoms with van der Waals surface area (Å²) in [7, 11) is 2.00. The first-order valence-corrected chi connectivity index (χ1v) is 7.51. The lowest BCUT2D eigenvalue weighted by Gasteiger charge is -2.30. The number of hydrogen-bond acceptors (Lipinski definition) is 4. The molecule has 110 valence electrons. The highest BCUT2D eigenvalue weighted by atomic mass is 16.2. The minimum atomic E-state index is 0.202. The average Bonchev–Trinajstić information content (AvgIpc) is 3.21. The molecule has 0 unspecified atom stereocenters. The molecule has 0 spiro atoms. The number of aryl methyl sites for hydroxylation is 1. The van der Waals surface area contributed by atoms with Crippen molar-refractivity contribution in [3.8, 4) is 0 Å². The fourth-order valence-electron chi connectivity index (χ4n) is 2.69. The number of carbonyl (C=O) groups is 1. The third kappa shape index (κ3) is 3.00. The van der Waals surface area contributed by atoms with E-state index >= 15 is 0 Å². The molecule has 20 heavy (non-hydrogen) atoms. The van der Waals surface area contributed by atoms with E-state index in [9.17, 15) is 4.79 Å². The van der Waals surface area contributed by atoms with Crippen LogP contribution in [0.2, 0.25) is 0 Å². The first-order chi connectivity index (χ1) is 9.63. The van der Waals surface area contributed by atoms with Gasteiger partial charge in [0.05, 0.1) is 6.54 Å². The summed E-state index contributed by atoms with van der Waals surface area (Å²) in [6, 6.07) is 0.474. The summed E-state index contributed by atoms with van der Waals surface area (Å²) in [4.78, 5) is 14.4. The number of carbonyl (C=O) groups excluding carboxylic acids is 1. The first-order valence-electron chi connectivity index (χ1n) is 7.51. The summed E-state index contributed by atoms with van der Waals surface area (Å²) >= 11 is 0. The first kappa shape index (κ1) is 13.5. The molecule has 1 aromatic rings. The predicted octanol–water partition coefficient (Wildman–Crippen LogP) is 0.614. The van der Waals surface area contributed by atoms with Crippen LogP contribution in [0.4, 0.5) is 0 Å². The fourth-order valence-corrected chi connectivity index (χ4v) is 2.69. The Morgan fingerprint density at radius 3 is 2.50 bits per heavy atom. The molecular weight excluding hydrogens is 254 g/mol. The van der Waals surface area contributed by atoms with Gasteiger partial charge in [-0.2, -0.15) is 0 Å². The normalized spacial score (nSPS) is 21.1. The van der Waals surface area contributed by atoms with Crippen LogP contribution in [-0.2, 0) is 18.4 Å². The van der Waals surface area contributed by atoms with Crippen LogP contribution in [0.5, 0.6) is 0 Å². The van der Waals surface area contributed by atoms with E-state index in [1.807, 2.05) is 18.5 Å². The molecule has 1 aliphatic heterocycles. The van der Waals surface area contributed by atoms with Crippen LogP contribution >= 0.6 is 0 Å². The molecule has 1 amide bonds. The number of piperidine rings is 1. The molecule has 2 aliphatic rings. The minimum Gasteiger partial charge on any atom is -0.353 e. The van der Waals surface area contributed by atoms with E-state index in [0.29, 0.717) is 6.04 Å². The van der Waals surface area contributed by atoms with Gasteiger partial charge < -0.3 is 9.88 Å². The third-order valence-electron chi connectivity index (χ3n) is 4.43. The van der Waals surface area contributed by atoms with Gasteiger partial charge in [0.2, 0.25) is 5.91 Å². The molecule has 1 aromatic heterocycles. The molecule has 6 heteroatoms. The van der Waals surface area contributed by atoms with Crippen molar-refractivity contribution in [3.63, 3.8) is 0 Å². The van der Waals surface area contributed by atoms with Gasteiger partial charge in [-0.25, -0.2) is 0 Å². The Bertz CT molecular complexity index is 486. The highest BCUT2D eigenvalue weighted by Gasteiger charge is 2.30. The molecule has 3 rings (SSSR count). The molecule has 1 saturated carbocycles. The van der Waals surface area contributed by atoms with Crippen LogP contribution in [0.1, 0.15) is 37.3 Å². The number of likely N-dealkylation sites (tertiary alicyclic amines) is 1. The molecule has 2 heterocycles. The second kappa shape index (κ2) is 5.52. The molecule has 1 saturated heterocycles. The van der Waals surface area contributed by atoms with Gasteiger partial charge in [0.25, 0.3) is 0 Å². The maximum Gasteiger partial charge on any atom is 0.223 e. The van der Waals surface area contributed by atoms with Crippen molar-refractivity contribution in [2.45, 2.75) is 45.2 Å². The van der Waals surface area contributed by atoms with Crippen LogP contribution in [0.25, 0.3) is 0 Å². The standard InChI is InChI=1S/C14H23N5O/c1-10-16-17-13(18(10)2)9-19-7-5-11(6-8-19)14(20)15-12-3-4-12/h11-12H,3-9H2,1-2H3,(H,15,20). The van der Waals surface area contributed by atoms with E-state index in [4.69, 9.17) is 0 Å². The van der Waals surface area contributed by atoms with E-state index in [-0.39, 0.29) is 11.8 Å². The predicted molar refractivity (Wildman–Crippen MR) is 74.9 cm³/mol. The van der Waals surface area contributed by atoms with Crippen molar-refractivity contribution in [2.75, 3.05) is 13.1 Å². The summed E-state index contributed by atoms with van der Waals surface area (Å²) in [5.41, 5.74) is 0. The third-order valence-corrected chi connectivity index (χ3v) is 4.43. The molecule has 2 fully saturated rings. The van der Waals surface area contributed by atoms with Crippen molar-refractivity contribution in [1.29, 1.82) is 0 Å². The van der Waals surface area contributed by atoms with Gasteiger partial charge in [-0.05, 0) is 45.7 Å². The number of amides is 1.